The third-order valence-corrected chi connectivity index (χ3v) is 12.7. The maximum absolute atomic E-state index is 5.31. The zero-order chi connectivity index (χ0) is 40.7. The number of para-hydroxylation sites is 3. The third kappa shape index (κ3) is 5.27. The second kappa shape index (κ2) is 13.6. The lowest BCUT2D eigenvalue weighted by Gasteiger charge is -2.14. The smallest absolute Gasteiger partial charge is 0.235 e. The maximum atomic E-state index is 5.31. The van der Waals surface area contributed by atoms with Gasteiger partial charge in [0.2, 0.25) is 5.95 Å². The van der Waals surface area contributed by atoms with Crippen LogP contribution in [0.3, 0.4) is 0 Å². The van der Waals surface area contributed by atoms with E-state index in [-0.39, 0.29) is 0 Å². The molecule has 288 valence electrons. The predicted octanol–water partition coefficient (Wildman–Crippen LogP) is 15.1. The minimum absolute atomic E-state index is 0.659. The molecule has 0 saturated heterocycles. The van der Waals surface area contributed by atoms with Crippen LogP contribution in [0.2, 0.25) is 0 Å². The Bertz CT molecular complexity index is 3900. The number of aromatic nitrogens is 4. The SMILES string of the molecule is c1ccc(-c2ccc(-n3c4ccccc4c4cc5c(cc(-c6ccc7c(c6)c6ccccc6n7-c6nc(-c7ccccc7)c7ccccc7n6)c6ccccc65)cc43)cc2)cc1. The van der Waals surface area contributed by atoms with Gasteiger partial charge < -0.3 is 4.57 Å². The summed E-state index contributed by atoms with van der Waals surface area (Å²) < 4.78 is 4.65. The molecular weight excluding hydrogens is 753 g/mol. The fourth-order valence-corrected chi connectivity index (χ4v) is 9.86. The predicted molar refractivity (Wildman–Crippen MR) is 260 cm³/mol. The highest BCUT2D eigenvalue weighted by Crippen LogP contribution is 2.42. The molecule has 0 atom stereocenters. The van der Waals surface area contributed by atoms with Gasteiger partial charge in [-0.05, 0) is 104 Å². The van der Waals surface area contributed by atoms with E-state index in [1.807, 2.05) is 12.1 Å². The molecule has 0 aliphatic rings. The number of hydrogen-bond acceptors (Lipinski definition) is 2. The normalized spacial score (nSPS) is 11.9. The van der Waals surface area contributed by atoms with E-state index < -0.39 is 0 Å². The summed E-state index contributed by atoms with van der Waals surface area (Å²) in [5, 5.41) is 10.8. The monoisotopic (exact) mass is 788 g/mol. The Morgan fingerprint density at radius 3 is 1.58 bits per heavy atom. The van der Waals surface area contributed by atoms with Crippen molar-refractivity contribution in [2.45, 2.75) is 0 Å². The van der Waals surface area contributed by atoms with Gasteiger partial charge in [-0.3, -0.25) is 4.57 Å². The van der Waals surface area contributed by atoms with Gasteiger partial charge in [0, 0.05) is 38.2 Å². The third-order valence-electron chi connectivity index (χ3n) is 12.7. The highest BCUT2D eigenvalue weighted by Gasteiger charge is 2.20. The average molecular weight is 789 g/mol. The summed E-state index contributed by atoms with van der Waals surface area (Å²) >= 11 is 0. The lowest BCUT2D eigenvalue weighted by atomic mass is 9.92. The van der Waals surface area contributed by atoms with E-state index in [9.17, 15) is 0 Å². The molecule has 10 aromatic carbocycles. The number of nitrogens with zero attached hydrogens (tertiary/aromatic N) is 4. The van der Waals surface area contributed by atoms with Gasteiger partial charge in [0.25, 0.3) is 0 Å². The first-order chi connectivity index (χ1) is 30.7. The van der Waals surface area contributed by atoms with E-state index in [1.165, 1.54) is 65.6 Å². The van der Waals surface area contributed by atoms with E-state index in [2.05, 4.69) is 215 Å². The summed E-state index contributed by atoms with van der Waals surface area (Å²) in [6.45, 7) is 0. The van der Waals surface area contributed by atoms with Crippen molar-refractivity contribution in [3.8, 4) is 45.1 Å². The van der Waals surface area contributed by atoms with Crippen LogP contribution < -0.4 is 0 Å². The van der Waals surface area contributed by atoms with Crippen LogP contribution in [0, 0.1) is 0 Å². The molecule has 4 nitrogen and oxygen atoms in total. The topological polar surface area (TPSA) is 35.6 Å². The lowest BCUT2D eigenvalue weighted by molar-refractivity contribution is 1.01. The number of benzene rings is 10. The van der Waals surface area contributed by atoms with Gasteiger partial charge in [0.05, 0.1) is 33.3 Å². The Morgan fingerprint density at radius 2 is 0.839 bits per heavy atom. The Balaban J connectivity index is 1.02. The van der Waals surface area contributed by atoms with Gasteiger partial charge in [-0.25, -0.2) is 9.97 Å². The van der Waals surface area contributed by atoms with E-state index in [4.69, 9.17) is 9.97 Å². The molecule has 4 heteroatoms. The van der Waals surface area contributed by atoms with Gasteiger partial charge in [-0.15, -0.1) is 0 Å². The van der Waals surface area contributed by atoms with Crippen LogP contribution in [0.5, 0.6) is 0 Å². The van der Waals surface area contributed by atoms with Crippen molar-refractivity contribution in [1.82, 2.24) is 19.1 Å². The molecule has 13 aromatic rings. The summed E-state index contributed by atoms with van der Waals surface area (Å²) in [7, 11) is 0. The van der Waals surface area contributed by atoms with Crippen molar-refractivity contribution in [1.29, 1.82) is 0 Å². The fourth-order valence-electron chi connectivity index (χ4n) is 9.86. The van der Waals surface area contributed by atoms with Gasteiger partial charge in [-0.1, -0.05) is 158 Å². The fraction of sp³-hybridized carbons (Fsp3) is 0. The highest BCUT2D eigenvalue weighted by atomic mass is 15.2. The zero-order valence-electron chi connectivity index (χ0n) is 33.6. The van der Waals surface area contributed by atoms with Crippen LogP contribution >= 0.6 is 0 Å². The van der Waals surface area contributed by atoms with E-state index in [0.717, 1.165) is 49.7 Å². The first-order valence-corrected chi connectivity index (χ1v) is 21.2. The van der Waals surface area contributed by atoms with Gasteiger partial charge in [-0.2, -0.15) is 0 Å². The van der Waals surface area contributed by atoms with Crippen molar-refractivity contribution in [2.24, 2.45) is 0 Å². The Labute approximate surface area is 357 Å². The van der Waals surface area contributed by atoms with Crippen molar-refractivity contribution in [3.63, 3.8) is 0 Å². The molecular formula is C58H36N4. The van der Waals surface area contributed by atoms with Gasteiger partial charge in [0.15, 0.2) is 0 Å². The van der Waals surface area contributed by atoms with Crippen LogP contribution in [-0.2, 0) is 0 Å². The molecule has 0 unspecified atom stereocenters. The minimum Gasteiger partial charge on any atom is -0.309 e. The standard InChI is InChI=1S/C58H36N4/c1-3-15-37(16-4-1)38-27-30-42(31-28-38)61-53-25-13-10-22-46(53)51-36-49-41(35-56(51)61)34-48(43-19-7-8-20-44(43)49)40-29-32-55-50(33-40)45-21-11-14-26-54(45)62(55)58-59-52-24-12-9-23-47(52)57(60-58)39-17-5-2-6-18-39/h1-36H. The summed E-state index contributed by atoms with van der Waals surface area (Å²) in [5.41, 5.74) is 13.4. The van der Waals surface area contributed by atoms with Crippen molar-refractivity contribution >= 4 is 76.1 Å². The maximum Gasteiger partial charge on any atom is 0.235 e. The molecule has 0 aliphatic heterocycles. The van der Waals surface area contributed by atoms with Crippen molar-refractivity contribution in [2.75, 3.05) is 0 Å². The average Bonchev–Trinajstić information content (AvgIpc) is 3.85. The zero-order valence-corrected chi connectivity index (χ0v) is 33.6. The van der Waals surface area contributed by atoms with Crippen molar-refractivity contribution in [3.05, 3.63) is 218 Å². The summed E-state index contributed by atoms with van der Waals surface area (Å²) in [5.74, 6) is 0.659. The van der Waals surface area contributed by atoms with Crippen LogP contribution in [0.4, 0.5) is 0 Å². The molecule has 0 radical (unpaired) electrons. The molecule has 0 amide bonds. The van der Waals surface area contributed by atoms with E-state index in [1.54, 1.807) is 0 Å². The Kier molecular flexibility index (Phi) is 7.57. The summed E-state index contributed by atoms with van der Waals surface area (Å²) in [6.07, 6.45) is 0. The molecule has 62 heavy (non-hydrogen) atoms. The summed E-state index contributed by atoms with van der Waals surface area (Å²) in [6, 6.07) is 78.7. The molecule has 0 bridgehead atoms. The number of rotatable bonds is 5. The Morgan fingerprint density at radius 1 is 0.290 bits per heavy atom. The molecule has 0 fully saturated rings. The molecule has 13 rings (SSSR count). The van der Waals surface area contributed by atoms with Crippen LogP contribution in [0.25, 0.3) is 121 Å². The quantitative estimate of drug-likeness (QED) is 0.163. The number of hydrogen-bond donors (Lipinski definition) is 0. The minimum atomic E-state index is 0.659. The second-order valence-electron chi connectivity index (χ2n) is 16.2. The molecule has 0 saturated carbocycles. The largest absolute Gasteiger partial charge is 0.309 e. The first kappa shape index (κ1) is 34.5. The molecule has 0 spiro atoms. The molecule has 0 aliphatic carbocycles. The molecule has 3 heterocycles. The van der Waals surface area contributed by atoms with Crippen LogP contribution in [0.15, 0.2) is 218 Å². The van der Waals surface area contributed by atoms with Crippen molar-refractivity contribution < 1.29 is 0 Å². The van der Waals surface area contributed by atoms with Gasteiger partial charge in [0.1, 0.15) is 0 Å². The van der Waals surface area contributed by atoms with Crippen LogP contribution in [-0.4, -0.2) is 19.1 Å². The molecule has 3 aromatic heterocycles. The van der Waals surface area contributed by atoms with Gasteiger partial charge >= 0.3 is 0 Å². The second-order valence-corrected chi connectivity index (χ2v) is 16.2. The van der Waals surface area contributed by atoms with E-state index >= 15 is 0 Å². The van der Waals surface area contributed by atoms with Crippen LogP contribution in [0.1, 0.15) is 0 Å². The Hall–Kier alpha value is -8.34. The molecule has 0 N–H and O–H groups in total. The highest BCUT2D eigenvalue weighted by molar-refractivity contribution is 6.21. The first-order valence-electron chi connectivity index (χ1n) is 21.2. The summed E-state index contributed by atoms with van der Waals surface area (Å²) in [4.78, 5) is 10.5. The lowest BCUT2D eigenvalue weighted by Crippen LogP contribution is -2.03. The number of fused-ring (bicyclic) bond motifs is 10. The van der Waals surface area contributed by atoms with E-state index in [0.29, 0.717) is 5.95 Å².